The molecule has 4 heterocycles. The molecule has 0 aliphatic carbocycles. The molecular weight excluding hydrogens is 436 g/mol. The van der Waals surface area contributed by atoms with Crippen molar-refractivity contribution in [3.63, 3.8) is 0 Å². The Morgan fingerprint density at radius 1 is 1.19 bits per heavy atom. The number of nitrogens with two attached hydrogens (primary N) is 1. The van der Waals surface area contributed by atoms with Crippen molar-refractivity contribution < 1.29 is 31.8 Å². The fraction of sp³-hybridized carbons (Fsp3) is 0.158. The number of aromatic nitrogens is 4. The Labute approximate surface area is 176 Å². The first kappa shape index (κ1) is 19.8. The van der Waals surface area contributed by atoms with Crippen molar-refractivity contribution in [1.29, 1.82) is 0 Å². The molecule has 0 atom stereocenters. The van der Waals surface area contributed by atoms with Crippen LogP contribution in [0.25, 0.3) is 16.6 Å². The minimum atomic E-state index is -5.00. The molecule has 0 bridgehead atoms. The molecule has 0 saturated heterocycles. The largest absolute Gasteiger partial charge is 0.573 e. The van der Waals surface area contributed by atoms with E-state index in [1.54, 1.807) is 4.40 Å². The standard InChI is InChI=1S/C19H12F4N6O3/c20-10-3-9(32-19(21,22)23)4-15-16(10)28(1-2-31-15)18(30)11-5-13-12(6-26-11)27-17(24)14-7-25-8-29(13)14/h3-8H,1-2H2,(H2,24,27). The predicted molar refractivity (Wildman–Crippen MR) is 103 cm³/mol. The number of rotatable bonds is 2. The molecule has 1 aromatic carbocycles. The third-order valence-electron chi connectivity index (χ3n) is 4.81. The van der Waals surface area contributed by atoms with Crippen LogP contribution in [0, 0.1) is 5.82 Å². The zero-order chi connectivity index (χ0) is 22.6. The fourth-order valence-electron chi connectivity index (χ4n) is 3.51. The minimum Gasteiger partial charge on any atom is -0.489 e. The molecule has 0 spiro atoms. The molecule has 4 aromatic rings. The van der Waals surface area contributed by atoms with Crippen LogP contribution in [0.5, 0.6) is 11.5 Å². The lowest BCUT2D eigenvalue weighted by molar-refractivity contribution is -0.274. The van der Waals surface area contributed by atoms with Gasteiger partial charge in [-0.05, 0) is 6.07 Å². The topological polar surface area (TPSA) is 108 Å². The highest BCUT2D eigenvalue weighted by molar-refractivity contribution is 6.07. The first-order valence-electron chi connectivity index (χ1n) is 9.12. The molecule has 5 rings (SSSR count). The highest BCUT2D eigenvalue weighted by Crippen LogP contribution is 2.39. The monoisotopic (exact) mass is 448 g/mol. The van der Waals surface area contributed by atoms with Gasteiger partial charge < -0.3 is 15.2 Å². The minimum absolute atomic E-state index is 0.0393. The van der Waals surface area contributed by atoms with Gasteiger partial charge in [0.1, 0.15) is 46.3 Å². The van der Waals surface area contributed by atoms with E-state index in [4.69, 9.17) is 10.5 Å². The maximum absolute atomic E-state index is 14.7. The molecule has 0 fully saturated rings. The molecule has 32 heavy (non-hydrogen) atoms. The van der Waals surface area contributed by atoms with E-state index in [1.807, 2.05) is 0 Å². The molecule has 1 amide bonds. The molecule has 1 aliphatic rings. The van der Waals surface area contributed by atoms with Crippen LogP contribution >= 0.6 is 0 Å². The number of carbonyl (C=O) groups excluding carboxylic acids is 1. The maximum Gasteiger partial charge on any atom is 0.573 e. The molecule has 2 N–H and O–H groups in total. The number of amides is 1. The number of halogens is 4. The first-order chi connectivity index (χ1) is 15.2. The summed E-state index contributed by atoms with van der Waals surface area (Å²) in [6.45, 7) is -0.104. The van der Waals surface area contributed by atoms with E-state index in [9.17, 15) is 22.4 Å². The Morgan fingerprint density at radius 3 is 2.78 bits per heavy atom. The van der Waals surface area contributed by atoms with Gasteiger partial charge in [0.15, 0.2) is 5.82 Å². The number of nitrogens with zero attached hydrogens (tertiary/aromatic N) is 5. The molecular formula is C19H12F4N6O3. The number of alkyl halides is 3. The molecule has 0 unspecified atom stereocenters. The van der Waals surface area contributed by atoms with Crippen molar-refractivity contribution in [3.8, 4) is 11.5 Å². The number of carbonyl (C=O) groups is 1. The molecule has 0 radical (unpaired) electrons. The van der Waals surface area contributed by atoms with Crippen LogP contribution < -0.4 is 20.1 Å². The summed E-state index contributed by atoms with van der Waals surface area (Å²) in [5, 5.41) is 0. The Morgan fingerprint density at radius 2 is 2.00 bits per heavy atom. The molecule has 13 heteroatoms. The third kappa shape index (κ3) is 3.27. The number of nitrogen functional groups attached to an aromatic ring is 1. The second-order valence-electron chi connectivity index (χ2n) is 6.81. The van der Waals surface area contributed by atoms with Crippen LogP contribution in [-0.4, -0.2) is 44.8 Å². The molecule has 0 saturated carbocycles. The Balaban J connectivity index is 1.56. The van der Waals surface area contributed by atoms with Crippen molar-refractivity contribution in [1.82, 2.24) is 19.4 Å². The van der Waals surface area contributed by atoms with E-state index in [2.05, 4.69) is 19.7 Å². The number of imidazole rings is 1. The normalized spacial score (nSPS) is 13.8. The Bertz CT molecular complexity index is 1390. The average Bonchev–Trinajstić information content (AvgIpc) is 3.22. The lowest BCUT2D eigenvalue weighted by Crippen LogP contribution is -2.39. The summed E-state index contributed by atoms with van der Waals surface area (Å²) in [4.78, 5) is 26.6. The van der Waals surface area contributed by atoms with Gasteiger partial charge in [0.2, 0.25) is 0 Å². The van der Waals surface area contributed by atoms with Gasteiger partial charge in [-0.1, -0.05) is 0 Å². The fourth-order valence-corrected chi connectivity index (χ4v) is 3.51. The number of ether oxygens (including phenoxy) is 2. The number of pyridine rings is 1. The second-order valence-corrected chi connectivity index (χ2v) is 6.81. The second kappa shape index (κ2) is 6.93. The van der Waals surface area contributed by atoms with Gasteiger partial charge in [-0.15, -0.1) is 13.2 Å². The van der Waals surface area contributed by atoms with Crippen LogP contribution in [0.1, 0.15) is 10.5 Å². The van der Waals surface area contributed by atoms with Gasteiger partial charge in [-0.2, -0.15) is 0 Å². The summed E-state index contributed by atoms with van der Waals surface area (Å²) >= 11 is 0. The van der Waals surface area contributed by atoms with E-state index in [0.29, 0.717) is 22.6 Å². The van der Waals surface area contributed by atoms with Crippen LogP contribution in [0.3, 0.4) is 0 Å². The van der Waals surface area contributed by atoms with E-state index >= 15 is 0 Å². The first-order valence-corrected chi connectivity index (χ1v) is 9.12. The smallest absolute Gasteiger partial charge is 0.489 e. The summed E-state index contributed by atoms with van der Waals surface area (Å²) in [5.74, 6) is -2.60. The van der Waals surface area contributed by atoms with E-state index < -0.39 is 23.8 Å². The summed E-state index contributed by atoms with van der Waals surface area (Å²) in [6, 6.07) is 2.87. The SMILES string of the molecule is Nc1nc2cnc(C(=O)N3CCOc4cc(OC(F)(F)F)cc(F)c43)cc2n2cncc12. The lowest BCUT2D eigenvalue weighted by atomic mass is 10.2. The highest BCUT2D eigenvalue weighted by Gasteiger charge is 2.34. The summed E-state index contributed by atoms with van der Waals surface area (Å²) in [6.07, 6.45) is -0.653. The zero-order valence-electron chi connectivity index (χ0n) is 15.9. The quantitative estimate of drug-likeness (QED) is 0.470. The summed E-state index contributed by atoms with van der Waals surface area (Å²) in [5.41, 5.74) is 6.98. The van der Waals surface area contributed by atoms with Gasteiger partial charge in [0, 0.05) is 12.1 Å². The van der Waals surface area contributed by atoms with Crippen LogP contribution in [0.2, 0.25) is 0 Å². The maximum atomic E-state index is 14.7. The van der Waals surface area contributed by atoms with E-state index in [1.165, 1.54) is 24.8 Å². The van der Waals surface area contributed by atoms with Gasteiger partial charge in [0.25, 0.3) is 5.91 Å². The van der Waals surface area contributed by atoms with Gasteiger partial charge in [-0.25, -0.2) is 19.3 Å². The zero-order valence-corrected chi connectivity index (χ0v) is 15.9. The molecule has 3 aromatic heterocycles. The lowest BCUT2D eigenvalue weighted by Gasteiger charge is -2.30. The van der Waals surface area contributed by atoms with Gasteiger partial charge >= 0.3 is 6.36 Å². The predicted octanol–water partition coefficient (Wildman–Crippen LogP) is 2.94. The molecule has 9 nitrogen and oxygen atoms in total. The number of fused-ring (bicyclic) bond motifs is 4. The van der Waals surface area contributed by atoms with Crippen molar-refractivity contribution in [2.45, 2.75) is 6.36 Å². The van der Waals surface area contributed by atoms with Crippen molar-refractivity contribution in [2.75, 3.05) is 23.8 Å². The number of hydrogen-bond donors (Lipinski definition) is 1. The van der Waals surface area contributed by atoms with Gasteiger partial charge in [0.05, 0.1) is 30.8 Å². The number of anilines is 2. The van der Waals surface area contributed by atoms with Crippen molar-refractivity contribution in [3.05, 3.63) is 48.4 Å². The van der Waals surface area contributed by atoms with Crippen LogP contribution in [-0.2, 0) is 0 Å². The van der Waals surface area contributed by atoms with Crippen molar-refractivity contribution in [2.24, 2.45) is 0 Å². The Kier molecular flexibility index (Phi) is 4.29. The molecule has 164 valence electrons. The number of benzene rings is 1. The van der Waals surface area contributed by atoms with Crippen molar-refractivity contribution >= 4 is 34.0 Å². The highest BCUT2D eigenvalue weighted by atomic mass is 19.4. The molecule has 1 aliphatic heterocycles. The van der Waals surface area contributed by atoms with E-state index in [-0.39, 0.29) is 36.1 Å². The number of hydrogen-bond acceptors (Lipinski definition) is 7. The van der Waals surface area contributed by atoms with Gasteiger partial charge in [-0.3, -0.25) is 14.1 Å². The summed E-state index contributed by atoms with van der Waals surface area (Å²) in [7, 11) is 0. The Hall–Kier alpha value is -4.16. The third-order valence-corrected chi connectivity index (χ3v) is 4.81. The van der Waals surface area contributed by atoms with E-state index in [0.717, 1.165) is 11.0 Å². The summed E-state index contributed by atoms with van der Waals surface area (Å²) < 4.78 is 62.9. The average molecular weight is 448 g/mol. The van der Waals surface area contributed by atoms with Crippen LogP contribution in [0.4, 0.5) is 29.1 Å². The van der Waals surface area contributed by atoms with Crippen LogP contribution in [0.15, 0.2) is 36.9 Å².